The molecule has 1 aliphatic carbocycles. The van der Waals surface area contributed by atoms with Crippen molar-refractivity contribution in [3.63, 3.8) is 0 Å². The monoisotopic (exact) mass is 337 g/mol. The number of halogens is 1. The number of hydrogen-bond acceptors (Lipinski definition) is 2. The molecular formula is C16H20BrNS. The summed E-state index contributed by atoms with van der Waals surface area (Å²) in [5.74, 6) is 1.53. The van der Waals surface area contributed by atoms with E-state index in [0.29, 0.717) is 5.92 Å². The zero-order chi connectivity index (χ0) is 13.4. The van der Waals surface area contributed by atoms with E-state index in [-0.39, 0.29) is 0 Å². The summed E-state index contributed by atoms with van der Waals surface area (Å²) in [6, 6.07) is 6.60. The molecule has 0 aliphatic heterocycles. The lowest BCUT2D eigenvalue weighted by molar-refractivity contribution is 0.554. The molecule has 0 atom stereocenters. The predicted molar refractivity (Wildman–Crippen MR) is 88.0 cm³/mol. The Kier molecular flexibility index (Phi) is 3.97. The maximum atomic E-state index is 3.70. The fourth-order valence-electron chi connectivity index (χ4n) is 2.58. The molecule has 1 saturated carbocycles. The van der Waals surface area contributed by atoms with Gasteiger partial charge in [0.15, 0.2) is 0 Å². The van der Waals surface area contributed by atoms with Crippen molar-refractivity contribution in [2.45, 2.75) is 39.2 Å². The summed E-state index contributed by atoms with van der Waals surface area (Å²) in [5, 5.41) is 5.07. The number of fused-ring (bicyclic) bond motifs is 1. The summed E-state index contributed by atoms with van der Waals surface area (Å²) >= 11 is 5.66. The first-order chi connectivity index (χ1) is 9.16. The smallest absolute Gasteiger partial charge is 0.0491 e. The molecule has 0 spiro atoms. The number of rotatable bonds is 5. The van der Waals surface area contributed by atoms with Crippen LogP contribution in [-0.2, 0) is 6.54 Å². The first kappa shape index (κ1) is 13.6. The Bertz CT molecular complexity index is 584. The van der Waals surface area contributed by atoms with Gasteiger partial charge < -0.3 is 5.32 Å². The lowest BCUT2D eigenvalue weighted by atomic mass is 10.1. The van der Waals surface area contributed by atoms with Crippen molar-refractivity contribution in [2.75, 3.05) is 6.54 Å². The van der Waals surface area contributed by atoms with Gasteiger partial charge in [-0.3, -0.25) is 0 Å². The van der Waals surface area contributed by atoms with E-state index in [9.17, 15) is 0 Å². The molecule has 102 valence electrons. The molecule has 1 N–H and O–H groups in total. The molecule has 1 aliphatic rings. The Balaban J connectivity index is 1.93. The first-order valence-corrected chi connectivity index (χ1v) is 8.68. The standard InChI is InChI=1S/C16H20BrNS/c1-10(2)8-18-9-14-15(11-6-7-11)12-4-3-5-13(17)16(12)19-14/h3-5,10-11,18H,6-9H2,1-2H3. The van der Waals surface area contributed by atoms with Crippen LogP contribution in [0.4, 0.5) is 0 Å². The Morgan fingerprint density at radius 3 is 2.84 bits per heavy atom. The molecule has 1 heterocycles. The van der Waals surface area contributed by atoms with E-state index < -0.39 is 0 Å². The molecule has 3 heteroatoms. The van der Waals surface area contributed by atoms with E-state index in [0.717, 1.165) is 19.0 Å². The van der Waals surface area contributed by atoms with Gasteiger partial charge >= 0.3 is 0 Å². The van der Waals surface area contributed by atoms with Crippen molar-refractivity contribution in [3.8, 4) is 0 Å². The van der Waals surface area contributed by atoms with Gasteiger partial charge in [-0.15, -0.1) is 11.3 Å². The fraction of sp³-hybridized carbons (Fsp3) is 0.500. The Labute approximate surface area is 127 Å². The van der Waals surface area contributed by atoms with Gasteiger partial charge in [0, 0.05) is 20.6 Å². The maximum absolute atomic E-state index is 3.70. The molecule has 3 rings (SSSR count). The van der Waals surface area contributed by atoms with Gasteiger partial charge in [0.2, 0.25) is 0 Å². The van der Waals surface area contributed by atoms with Crippen molar-refractivity contribution in [1.29, 1.82) is 0 Å². The molecule has 1 fully saturated rings. The van der Waals surface area contributed by atoms with E-state index in [4.69, 9.17) is 0 Å². The highest BCUT2D eigenvalue weighted by Crippen LogP contribution is 2.49. The SMILES string of the molecule is CC(C)CNCc1sc2c(Br)cccc2c1C1CC1. The quantitative estimate of drug-likeness (QED) is 0.781. The van der Waals surface area contributed by atoms with Crippen LogP contribution in [0, 0.1) is 5.92 Å². The molecule has 0 unspecified atom stereocenters. The van der Waals surface area contributed by atoms with E-state index in [2.05, 4.69) is 53.3 Å². The minimum Gasteiger partial charge on any atom is -0.312 e. The van der Waals surface area contributed by atoms with Crippen LogP contribution in [0.3, 0.4) is 0 Å². The normalized spacial score (nSPS) is 15.6. The summed E-state index contributed by atoms with van der Waals surface area (Å²) in [7, 11) is 0. The van der Waals surface area contributed by atoms with Crippen LogP contribution in [0.25, 0.3) is 10.1 Å². The minimum absolute atomic E-state index is 0.713. The lowest BCUT2D eigenvalue weighted by Crippen LogP contribution is -2.18. The first-order valence-electron chi connectivity index (χ1n) is 7.07. The topological polar surface area (TPSA) is 12.0 Å². The Hall–Kier alpha value is -0.380. The van der Waals surface area contributed by atoms with Gasteiger partial charge in [-0.1, -0.05) is 26.0 Å². The van der Waals surface area contributed by atoms with E-state index in [1.165, 1.54) is 27.4 Å². The fourth-order valence-corrected chi connectivity index (χ4v) is 4.45. The van der Waals surface area contributed by atoms with Crippen LogP contribution in [0.15, 0.2) is 22.7 Å². The van der Waals surface area contributed by atoms with Crippen molar-refractivity contribution in [2.24, 2.45) is 5.92 Å². The van der Waals surface area contributed by atoms with Crippen LogP contribution < -0.4 is 5.32 Å². The molecule has 0 radical (unpaired) electrons. The van der Waals surface area contributed by atoms with Gasteiger partial charge in [0.1, 0.15) is 0 Å². The average molecular weight is 338 g/mol. The summed E-state index contributed by atoms with van der Waals surface area (Å²) in [6.45, 7) is 6.64. The number of thiophene rings is 1. The molecule has 19 heavy (non-hydrogen) atoms. The maximum Gasteiger partial charge on any atom is 0.0491 e. The summed E-state index contributed by atoms with van der Waals surface area (Å²) in [4.78, 5) is 1.55. The van der Waals surface area contributed by atoms with Crippen molar-refractivity contribution < 1.29 is 0 Å². The van der Waals surface area contributed by atoms with Gasteiger partial charge in [-0.25, -0.2) is 0 Å². The second kappa shape index (κ2) is 5.55. The van der Waals surface area contributed by atoms with E-state index in [1.807, 2.05) is 11.3 Å². The molecule has 1 aromatic carbocycles. The van der Waals surface area contributed by atoms with Crippen LogP contribution in [0.1, 0.15) is 43.0 Å². The third kappa shape index (κ3) is 2.88. The highest BCUT2D eigenvalue weighted by molar-refractivity contribution is 9.10. The van der Waals surface area contributed by atoms with E-state index in [1.54, 1.807) is 10.4 Å². The number of benzene rings is 1. The third-order valence-electron chi connectivity index (χ3n) is 3.61. The Morgan fingerprint density at radius 1 is 1.37 bits per heavy atom. The summed E-state index contributed by atoms with van der Waals surface area (Å²) < 4.78 is 2.66. The molecule has 0 saturated heterocycles. The second-order valence-electron chi connectivity index (χ2n) is 5.85. The summed E-state index contributed by atoms with van der Waals surface area (Å²) in [6.07, 6.45) is 2.74. The van der Waals surface area contributed by atoms with Gasteiger partial charge in [-0.2, -0.15) is 0 Å². The molecule has 0 bridgehead atoms. The Morgan fingerprint density at radius 2 is 2.16 bits per heavy atom. The molecule has 1 aromatic heterocycles. The molecule has 0 amide bonds. The highest BCUT2D eigenvalue weighted by atomic mass is 79.9. The number of nitrogens with one attached hydrogen (secondary N) is 1. The van der Waals surface area contributed by atoms with Crippen molar-refractivity contribution in [1.82, 2.24) is 5.32 Å². The van der Waals surface area contributed by atoms with Crippen LogP contribution in [-0.4, -0.2) is 6.54 Å². The van der Waals surface area contributed by atoms with Gasteiger partial charge in [0.25, 0.3) is 0 Å². The largest absolute Gasteiger partial charge is 0.312 e. The second-order valence-corrected chi connectivity index (χ2v) is 7.81. The van der Waals surface area contributed by atoms with Crippen LogP contribution in [0.2, 0.25) is 0 Å². The van der Waals surface area contributed by atoms with Gasteiger partial charge in [0.05, 0.1) is 0 Å². The van der Waals surface area contributed by atoms with E-state index >= 15 is 0 Å². The van der Waals surface area contributed by atoms with Gasteiger partial charge in [-0.05, 0) is 64.2 Å². The predicted octanol–water partition coefficient (Wildman–Crippen LogP) is 5.29. The molecule has 2 aromatic rings. The lowest BCUT2D eigenvalue weighted by Gasteiger charge is -2.07. The van der Waals surface area contributed by atoms with Crippen LogP contribution in [0.5, 0.6) is 0 Å². The molecular weight excluding hydrogens is 318 g/mol. The molecule has 1 nitrogen and oxygen atoms in total. The average Bonchev–Trinajstić information content (AvgIpc) is 3.11. The number of hydrogen-bond donors (Lipinski definition) is 1. The zero-order valence-corrected chi connectivity index (χ0v) is 13.9. The third-order valence-corrected chi connectivity index (χ3v) is 5.78. The summed E-state index contributed by atoms with van der Waals surface area (Å²) in [5.41, 5.74) is 1.62. The zero-order valence-electron chi connectivity index (χ0n) is 11.5. The van der Waals surface area contributed by atoms with Crippen molar-refractivity contribution >= 4 is 37.4 Å². The minimum atomic E-state index is 0.713. The van der Waals surface area contributed by atoms with Crippen molar-refractivity contribution in [3.05, 3.63) is 33.1 Å². The highest BCUT2D eigenvalue weighted by Gasteiger charge is 2.29. The van der Waals surface area contributed by atoms with Crippen LogP contribution >= 0.6 is 27.3 Å².